The fourth-order valence-electron chi connectivity index (χ4n) is 2.39. The van der Waals surface area contributed by atoms with Crippen molar-refractivity contribution < 1.29 is 9.59 Å². The molecule has 0 aromatic heterocycles. The highest BCUT2D eigenvalue weighted by Gasteiger charge is 2.23. The molecular weight excluding hydrogens is 334 g/mol. The molecule has 1 aliphatic carbocycles. The molecule has 2 aromatic rings. The molecule has 1 fully saturated rings. The number of carbonyl (C=O) groups is 2. The Balaban J connectivity index is 1.62. The van der Waals surface area contributed by atoms with Crippen molar-refractivity contribution in [2.45, 2.75) is 30.7 Å². The van der Waals surface area contributed by atoms with Crippen LogP contribution in [0.3, 0.4) is 0 Å². The van der Waals surface area contributed by atoms with Crippen molar-refractivity contribution in [1.29, 1.82) is 0 Å². The third-order valence-electron chi connectivity index (χ3n) is 4.00. The molecule has 0 unspecified atom stereocenters. The fraction of sp³-hybridized carbons (Fsp3) is 0.263. The number of hydrogen-bond acceptors (Lipinski definition) is 3. The molecular formula is C19H21N3O2S. The number of nitrogens with one attached hydrogen (secondary N) is 3. The topological polar surface area (TPSA) is 70.2 Å². The highest BCUT2D eigenvalue weighted by Crippen LogP contribution is 2.21. The number of aryl methyl sites for hydroxylation is 1. The lowest BCUT2D eigenvalue weighted by Crippen LogP contribution is -2.30. The monoisotopic (exact) mass is 355 g/mol. The van der Waals surface area contributed by atoms with Crippen molar-refractivity contribution in [2.75, 3.05) is 16.9 Å². The smallest absolute Gasteiger partial charge is 0.319 e. The predicted molar refractivity (Wildman–Crippen MR) is 103 cm³/mol. The van der Waals surface area contributed by atoms with Gasteiger partial charge in [-0.05, 0) is 68.0 Å². The molecule has 0 saturated heterocycles. The van der Waals surface area contributed by atoms with E-state index in [1.807, 2.05) is 31.4 Å². The van der Waals surface area contributed by atoms with Crippen molar-refractivity contribution in [1.82, 2.24) is 5.32 Å². The van der Waals surface area contributed by atoms with Gasteiger partial charge in [-0.1, -0.05) is 6.07 Å². The summed E-state index contributed by atoms with van der Waals surface area (Å²) in [6, 6.07) is 13.1. The Kier molecular flexibility index (Phi) is 5.28. The van der Waals surface area contributed by atoms with Crippen LogP contribution in [0.1, 0.15) is 28.8 Å². The summed E-state index contributed by atoms with van der Waals surface area (Å²) in [5.74, 6) is -0.138. The molecule has 1 aliphatic rings. The zero-order valence-corrected chi connectivity index (χ0v) is 15.1. The third kappa shape index (κ3) is 4.76. The van der Waals surface area contributed by atoms with Gasteiger partial charge in [0.15, 0.2) is 0 Å². The maximum absolute atomic E-state index is 12.5. The zero-order chi connectivity index (χ0) is 17.8. The van der Waals surface area contributed by atoms with E-state index in [1.54, 1.807) is 36.0 Å². The minimum Gasteiger partial charge on any atom is -0.335 e. The van der Waals surface area contributed by atoms with Gasteiger partial charge in [0.05, 0.1) is 0 Å². The molecule has 6 heteroatoms. The number of urea groups is 1. The maximum atomic E-state index is 12.5. The van der Waals surface area contributed by atoms with Crippen LogP contribution < -0.4 is 16.0 Å². The molecule has 3 amide bonds. The van der Waals surface area contributed by atoms with E-state index in [0.717, 1.165) is 23.3 Å². The first-order chi connectivity index (χ1) is 12.0. The largest absolute Gasteiger partial charge is 0.335 e. The summed E-state index contributed by atoms with van der Waals surface area (Å²) in [4.78, 5) is 25.3. The first-order valence-corrected chi connectivity index (χ1v) is 9.41. The normalized spacial score (nSPS) is 13.2. The lowest BCUT2D eigenvalue weighted by molar-refractivity contribution is 0.102. The SMILES string of the molecule is CSc1ccc(C)c(C(=O)Nc2ccc(NC(=O)NC3CC3)cc2)c1. The van der Waals surface area contributed by atoms with Crippen LogP contribution in [0.25, 0.3) is 0 Å². The van der Waals surface area contributed by atoms with E-state index in [0.29, 0.717) is 23.0 Å². The van der Waals surface area contributed by atoms with Crippen molar-refractivity contribution in [2.24, 2.45) is 0 Å². The summed E-state index contributed by atoms with van der Waals surface area (Å²) >= 11 is 1.61. The second kappa shape index (κ2) is 7.61. The average molecular weight is 355 g/mol. The summed E-state index contributed by atoms with van der Waals surface area (Å²) < 4.78 is 0. The highest BCUT2D eigenvalue weighted by molar-refractivity contribution is 7.98. The van der Waals surface area contributed by atoms with Crippen LogP contribution in [0, 0.1) is 6.92 Å². The van der Waals surface area contributed by atoms with E-state index < -0.39 is 0 Å². The second-order valence-corrected chi connectivity index (χ2v) is 6.96. The van der Waals surface area contributed by atoms with Gasteiger partial charge in [0.2, 0.25) is 0 Å². The summed E-state index contributed by atoms with van der Waals surface area (Å²) in [7, 11) is 0. The van der Waals surface area contributed by atoms with E-state index >= 15 is 0 Å². The fourth-order valence-corrected chi connectivity index (χ4v) is 2.83. The Morgan fingerprint density at radius 1 is 1.00 bits per heavy atom. The Labute approximate surface area is 151 Å². The molecule has 5 nitrogen and oxygen atoms in total. The minimum atomic E-state index is -0.191. The zero-order valence-electron chi connectivity index (χ0n) is 14.3. The van der Waals surface area contributed by atoms with Gasteiger partial charge >= 0.3 is 6.03 Å². The Hall–Kier alpha value is -2.47. The van der Waals surface area contributed by atoms with Crippen LogP contribution in [0.5, 0.6) is 0 Å². The highest BCUT2D eigenvalue weighted by atomic mass is 32.2. The van der Waals surface area contributed by atoms with Gasteiger partial charge in [0.1, 0.15) is 0 Å². The lowest BCUT2D eigenvalue weighted by Gasteiger charge is -2.10. The van der Waals surface area contributed by atoms with Crippen LogP contribution in [-0.2, 0) is 0 Å². The van der Waals surface area contributed by atoms with E-state index in [2.05, 4.69) is 16.0 Å². The quantitative estimate of drug-likeness (QED) is 0.702. The molecule has 0 heterocycles. The van der Waals surface area contributed by atoms with Gasteiger partial charge in [-0.2, -0.15) is 0 Å². The molecule has 0 aliphatic heterocycles. The van der Waals surface area contributed by atoms with Crippen LogP contribution in [-0.4, -0.2) is 24.2 Å². The number of anilines is 2. The Morgan fingerprint density at radius 2 is 1.64 bits per heavy atom. The number of amides is 3. The number of rotatable bonds is 5. The van der Waals surface area contributed by atoms with Gasteiger partial charge in [-0.3, -0.25) is 4.79 Å². The Morgan fingerprint density at radius 3 is 2.24 bits per heavy atom. The van der Waals surface area contributed by atoms with E-state index in [1.165, 1.54) is 0 Å². The molecule has 0 radical (unpaired) electrons. The van der Waals surface area contributed by atoms with Crippen molar-refractivity contribution in [3.05, 3.63) is 53.6 Å². The first kappa shape index (κ1) is 17.4. The van der Waals surface area contributed by atoms with Crippen LogP contribution in [0.4, 0.5) is 16.2 Å². The molecule has 0 bridgehead atoms. The number of carbonyl (C=O) groups excluding carboxylic acids is 2. The predicted octanol–water partition coefficient (Wildman–Crippen LogP) is 4.25. The molecule has 2 aromatic carbocycles. The van der Waals surface area contributed by atoms with Gasteiger partial charge in [-0.25, -0.2) is 4.79 Å². The maximum Gasteiger partial charge on any atom is 0.319 e. The molecule has 0 atom stereocenters. The Bertz CT molecular complexity index is 786. The third-order valence-corrected chi connectivity index (χ3v) is 4.73. The molecule has 130 valence electrons. The van der Waals surface area contributed by atoms with E-state index in [4.69, 9.17) is 0 Å². The van der Waals surface area contributed by atoms with E-state index in [9.17, 15) is 9.59 Å². The molecule has 3 N–H and O–H groups in total. The summed E-state index contributed by atoms with van der Waals surface area (Å²) in [5, 5.41) is 8.55. The van der Waals surface area contributed by atoms with Gasteiger partial charge < -0.3 is 16.0 Å². The van der Waals surface area contributed by atoms with Crippen LogP contribution >= 0.6 is 11.8 Å². The molecule has 3 rings (SSSR count). The summed E-state index contributed by atoms with van der Waals surface area (Å²) in [6.45, 7) is 1.92. The van der Waals surface area contributed by atoms with Gasteiger partial charge in [-0.15, -0.1) is 11.8 Å². The summed E-state index contributed by atoms with van der Waals surface area (Å²) in [5.41, 5.74) is 2.98. The van der Waals surface area contributed by atoms with Crippen molar-refractivity contribution in [3.8, 4) is 0 Å². The number of thioether (sulfide) groups is 1. The van der Waals surface area contributed by atoms with E-state index in [-0.39, 0.29) is 11.9 Å². The van der Waals surface area contributed by atoms with Gasteiger partial charge in [0, 0.05) is 27.9 Å². The minimum absolute atomic E-state index is 0.138. The molecule has 0 spiro atoms. The molecule has 1 saturated carbocycles. The van der Waals surface area contributed by atoms with Crippen molar-refractivity contribution >= 4 is 35.1 Å². The standard InChI is InChI=1S/C19H21N3O2S/c1-12-3-10-16(25-2)11-17(12)18(23)20-13-4-6-14(7-5-13)21-19(24)22-15-8-9-15/h3-7,10-11,15H,8-9H2,1-2H3,(H,20,23)(H2,21,22,24). The first-order valence-electron chi connectivity index (χ1n) is 8.19. The van der Waals surface area contributed by atoms with Crippen LogP contribution in [0.2, 0.25) is 0 Å². The lowest BCUT2D eigenvalue weighted by atomic mass is 10.1. The number of hydrogen-bond donors (Lipinski definition) is 3. The summed E-state index contributed by atoms with van der Waals surface area (Å²) in [6.07, 6.45) is 4.09. The second-order valence-electron chi connectivity index (χ2n) is 6.09. The van der Waals surface area contributed by atoms with Crippen molar-refractivity contribution in [3.63, 3.8) is 0 Å². The average Bonchev–Trinajstić information content (AvgIpc) is 3.41. The van der Waals surface area contributed by atoms with Crippen LogP contribution in [0.15, 0.2) is 47.4 Å². The number of benzene rings is 2. The molecule has 25 heavy (non-hydrogen) atoms. The van der Waals surface area contributed by atoms with Gasteiger partial charge in [0.25, 0.3) is 5.91 Å².